The van der Waals surface area contributed by atoms with Gasteiger partial charge in [0.15, 0.2) is 0 Å². The zero-order valence-electron chi connectivity index (χ0n) is 13.7. The van der Waals surface area contributed by atoms with Crippen molar-refractivity contribution in [3.8, 4) is 5.75 Å². The fraction of sp³-hybridized carbons (Fsp3) is 0.278. The molecule has 132 valence electrons. The quantitative estimate of drug-likeness (QED) is 0.751. The van der Waals surface area contributed by atoms with Gasteiger partial charge in [-0.15, -0.1) is 0 Å². The van der Waals surface area contributed by atoms with Gasteiger partial charge in [0.25, 0.3) is 5.91 Å². The van der Waals surface area contributed by atoms with Crippen LogP contribution >= 0.6 is 0 Å². The molecule has 0 unspecified atom stereocenters. The maximum atomic E-state index is 14.1. The Morgan fingerprint density at radius 3 is 2.64 bits per heavy atom. The zero-order valence-corrected chi connectivity index (χ0v) is 13.7. The van der Waals surface area contributed by atoms with Crippen LogP contribution in [0.4, 0.5) is 20.2 Å². The molecule has 7 heteroatoms. The van der Waals surface area contributed by atoms with Gasteiger partial charge in [-0.1, -0.05) is 6.07 Å². The van der Waals surface area contributed by atoms with Crippen LogP contribution < -0.4 is 21.1 Å². The van der Waals surface area contributed by atoms with Crippen molar-refractivity contribution in [1.82, 2.24) is 5.32 Å². The smallest absolute Gasteiger partial charge is 0.254 e. The molecule has 3 rings (SSSR count). The van der Waals surface area contributed by atoms with E-state index in [9.17, 15) is 13.6 Å². The van der Waals surface area contributed by atoms with E-state index in [1.54, 1.807) is 13.0 Å². The predicted molar refractivity (Wildman–Crippen MR) is 91.2 cm³/mol. The first-order valence-electron chi connectivity index (χ1n) is 7.94. The Morgan fingerprint density at radius 1 is 1.28 bits per heavy atom. The number of rotatable bonds is 6. The number of nitrogens with two attached hydrogens (primary N) is 1. The maximum Gasteiger partial charge on any atom is 0.254 e. The van der Waals surface area contributed by atoms with E-state index in [1.165, 1.54) is 12.1 Å². The topological polar surface area (TPSA) is 76.4 Å². The standard InChI is InChI=1S/C18H19F2N3O2/c1-10-2-3-14(13(20)4-10)23-15-5-12(19)6-16(17(15)18(21)24)25-9-11-7-22-8-11/h2-6,11,22-23H,7-9H2,1H3,(H2,21,24). The molecule has 0 aliphatic carbocycles. The molecule has 4 N–H and O–H groups in total. The Balaban J connectivity index is 1.93. The van der Waals surface area contributed by atoms with Crippen molar-refractivity contribution in [1.29, 1.82) is 0 Å². The number of aryl methyl sites for hydroxylation is 1. The van der Waals surface area contributed by atoms with Crippen molar-refractivity contribution in [2.45, 2.75) is 6.92 Å². The van der Waals surface area contributed by atoms with E-state index in [4.69, 9.17) is 10.5 Å². The fourth-order valence-corrected chi connectivity index (χ4v) is 2.59. The number of anilines is 2. The van der Waals surface area contributed by atoms with Crippen LogP contribution in [0.25, 0.3) is 0 Å². The number of benzene rings is 2. The number of nitrogens with one attached hydrogen (secondary N) is 2. The minimum Gasteiger partial charge on any atom is -0.492 e. The van der Waals surface area contributed by atoms with E-state index in [0.717, 1.165) is 30.8 Å². The highest BCUT2D eigenvalue weighted by Crippen LogP contribution is 2.32. The van der Waals surface area contributed by atoms with Crippen LogP contribution in [-0.2, 0) is 0 Å². The predicted octanol–water partition coefficient (Wildman–Crippen LogP) is 2.71. The Morgan fingerprint density at radius 2 is 2.04 bits per heavy atom. The lowest BCUT2D eigenvalue weighted by atomic mass is 10.1. The summed E-state index contributed by atoms with van der Waals surface area (Å²) in [6.45, 7) is 3.71. The number of carbonyl (C=O) groups excluding carboxylic acids is 1. The lowest BCUT2D eigenvalue weighted by Gasteiger charge is -2.27. The van der Waals surface area contributed by atoms with Crippen LogP contribution in [0.1, 0.15) is 15.9 Å². The van der Waals surface area contributed by atoms with E-state index >= 15 is 0 Å². The minimum absolute atomic E-state index is 0.00587. The van der Waals surface area contributed by atoms with Gasteiger partial charge in [0, 0.05) is 25.1 Å². The molecule has 1 aliphatic rings. The zero-order chi connectivity index (χ0) is 18.0. The summed E-state index contributed by atoms with van der Waals surface area (Å²) in [4.78, 5) is 11.9. The summed E-state index contributed by atoms with van der Waals surface area (Å²) in [5.41, 5.74) is 6.37. The van der Waals surface area contributed by atoms with E-state index in [-0.39, 0.29) is 22.7 Å². The summed E-state index contributed by atoms with van der Waals surface area (Å²) in [5.74, 6) is -1.55. The Hall–Kier alpha value is -2.67. The Bertz CT molecular complexity index is 807. The van der Waals surface area contributed by atoms with Crippen LogP contribution in [-0.4, -0.2) is 25.6 Å². The summed E-state index contributed by atoms with van der Waals surface area (Å²) >= 11 is 0. The molecule has 5 nitrogen and oxygen atoms in total. The van der Waals surface area contributed by atoms with Gasteiger partial charge in [-0.05, 0) is 30.7 Å². The van der Waals surface area contributed by atoms with Gasteiger partial charge in [0.1, 0.15) is 22.9 Å². The average molecular weight is 347 g/mol. The lowest BCUT2D eigenvalue weighted by molar-refractivity contribution is 0.0995. The molecule has 0 spiro atoms. The van der Waals surface area contributed by atoms with Gasteiger partial charge in [-0.2, -0.15) is 0 Å². The number of amides is 1. The largest absolute Gasteiger partial charge is 0.492 e. The van der Waals surface area contributed by atoms with Crippen molar-refractivity contribution in [2.24, 2.45) is 11.7 Å². The number of halogens is 2. The van der Waals surface area contributed by atoms with Gasteiger partial charge in [-0.3, -0.25) is 4.79 Å². The summed E-state index contributed by atoms with van der Waals surface area (Å²) in [7, 11) is 0. The van der Waals surface area contributed by atoms with Gasteiger partial charge in [0.05, 0.1) is 18.0 Å². The molecule has 0 saturated carbocycles. The van der Waals surface area contributed by atoms with E-state index < -0.39 is 17.5 Å². The molecular formula is C18H19F2N3O2. The lowest BCUT2D eigenvalue weighted by Crippen LogP contribution is -2.45. The van der Waals surface area contributed by atoms with E-state index in [0.29, 0.717) is 12.5 Å². The molecule has 1 amide bonds. The number of carbonyl (C=O) groups is 1. The average Bonchev–Trinajstić information content (AvgIpc) is 2.47. The third kappa shape index (κ3) is 3.88. The number of ether oxygens (including phenoxy) is 1. The molecule has 0 bridgehead atoms. The van der Waals surface area contributed by atoms with Gasteiger partial charge < -0.3 is 21.1 Å². The second kappa shape index (κ2) is 7.06. The molecule has 0 aromatic heterocycles. The molecule has 2 aromatic rings. The van der Waals surface area contributed by atoms with Crippen molar-refractivity contribution in [2.75, 3.05) is 25.0 Å². The molecule has 1 heterocycles. The molecule has 2 aromatic carbocycles. The monoisotopic (exact) mass is 347 g/mol. The Kier molecular flexibility index (Phi) is 4.85. The Labute approximate surface area is 144 Å². The van der Waals surface area contributed by atoms with Crippen LogP contribution in [0, 0.1) is 24.5 Å². The minimum atomic E-state index is -0.781. The molecule has 25 heavy (non-hydrogen) atoms. The third-order valence-electron chi connectivity index (χ3n) is 4.05. The molecule has 1 saturated heterocycles. The van der Waals surface area contributed by atoms with Gasteiger partial charge >= 0.3 is 0 Å². The second-order valence-corrected chi connectivity index (χ2v) is 6.13. The highest BCUT2D eigenvalue weighted by molar-refractivity contribution is 6.02. The molecule has 1 fully saturated rings. The number of primary amides is 1. The summed E-state index contributed by atoms with van der Waals surface area (Å²) in [6, 6.07) is 6.77. The highest BCUT2D eigenvalue weighted by Gasteiger charge is 2.22. The van der Waals surface area contributed by atoms with Crippen molar-refractivity contribution in [3.05, 3.63) is 53.1 Å². The summed E-state index contributed by atoms with van der Waals surface area (Å²) in [5, 5.41) is 5.84. The molecule has 1 aliphatic heterocycles. The highest BCUT2D eigenvalue weighted by atomic mass is 19.1. The van der Waals surface area contributed by atoms with Crippen molar-refractivity contribution in [3.63, 3.8) is 0 Å². The summed E-state index contributed by atoms with van der Waals surface area (Å²) in [6.07, 6.45) is 0. The van der Waals surface area contributed by atoms with Crippen LogP contribution in [0.3, 0.4) is 0 Å². The number of hydrogen-bond acceptors (Lipinski definition) is 4. The molecular weight excluding hydrogens is 328 g/mol. The first kappa shape index (κ1) is 17.2. The van der Waals surface area contributed by atoms with E-state index in [1.807, 2.05) is 0 Å². The fourth-order valence-electron chi connectivity index (χ4n) is 2.59. The maximum absolute atomic E-state index is 14.1. The molecule has 0 atom stereocenters. The second-order valence-electron chi connectivity index (χ2n) is 6.13. The molecule has 0 radical (unpaired) electrons. The third-order valence-corrected chi connectivity index (χ3v) is 4.05. The number of hydrogen-bond donors (Lipinski definition) is 3. The van der Waals surface area contributed by atoms with Crippen molar-refractivity contribution < 1.29 is 18.3 Å². The summed E-state index contributed by atoms with van der Waals surface area (Å²) < 4.78 is 33.6. The SMILES string of the molecule is Cc1ccc(Nc2cc(F)cc(OCC3CNC3)c2C(N)=O)c(F)c1. The van der Waals surface area contributed by atoms with E-state index in [2.05, 4.69) is 10.6 Å². The van der Waals surface area contributed by atoms with Gasteiger partial charge in [-0.25, -0.2) is 8.78 Å². The first-order chi connectivity index (χ1) is 11.9. The first-order valence-corrected chi connectivity index (χ1v) is 7.94. The van der Waals surface area contributed by atoms with Crippen LogP contribution in [0.2, 0.25) is 0 Å². The van der Waals surface area contributed by atoms with Gasteiger partial charge in [0.2, 0.25) is 0 Å². The van der Waals surface area contributed by atoms with Crippen molar-refractivity contribution >= 4 is 17.3 Å². The van der Waals surface area contributed by atoms with Crippen LogP contribution in [0.5, 0.6) is 5.75 Å². The van der Waals surface area contributed by atoms with Crippen LogP contribution in [0.15, 0.2) is 30.3 Å². The normalized spacial score (nSPS) is 14.0.